The second-order valence-electron chi connectivity index (χ2n) is 11.4. The summed E-state index contributed by atoms with van der Waals surface area (Å²) in [6.45, 7) is 4.91. The zero-order valence-electron chi connectivity index (χ0n) is 24.2. The quantitative estimate of drug-likeness (QED) is 0.252. The van der Waals surface area contributed by atoms with Crippen LogP contribution in [0.25, 0.3) is 11.0 Å². The van der Waals surface area contributed by atoms with E-state index in [0.717, 1.165) is 61.2 Å². The zero-order valence-corrected chi connectivity index (χ0v) is 24.2. The summed E-state index contributed by atoms with van der Waals surface area (Å²) >= 11 is 0. The van der Waals surface area contributed by atoms with Gasteiger partial charge in [0.25, 0.3) is 0 Å². The number of hydrogen-bond acceptors (Lipinski definition) is 7. The molecule has 2 saturated heterocycles. The largest absolute Gasteiger partial charge is 0.478 e. The van der Waals surface area contributed by atoms with E-state index in [4.69, 9.17) is 14.5 Å². The molecule has 4 heterocycles. The number of fused-ring (bicyclic) bond motifs is 1. The number of imidazole rings is 1. The number of carbonyl (C=O) groups is 1. The lowest BCUT2D eigenvalue weighted by molar-refractivity contribution is -0.0592. The summed E-state index contributed by atoms with van der Waals surface area (Å²) in [4.78, 5) is 25.8. The first kappa shape index (κ1) is 29.0. The molecule has 2 aliphatic rings. The molecule has 2 fully saturated rings. The topological polar surface area (TPSA) is 93.0 Å². The van der Waals surface area contributed by atoms with Gasteiger partial charge in [0.1, 0.15) is 29.9 Å². The number of likely N-dealkylation sites (tertiary alicyclic amines) is 1. The molecule has 0 amide bonds. The van der Waals surface area contributed by atoms with E-state index < -0.39 is 17.6 Å². The van der Waals surface area contributed by atoms with Gasteiger partial charge < -0.3 is 24.0 Å². The minimum Gasteiger partial charge on any atom is -0.478 e. The van der Waals surface area contributed by atoms with Crippen LogP contribution in [0.1, 0.15) is 47.9 Å². The van der Waals surface area contributed by atoms with Crippen molar-refractivity contribution in [3.05, 3.63) is 83.2 Å². The van der Waals surface area contributed by atoms with Crippen LogP contribution < -0.4 is 9.64 Å². The van der Waals surface area contributed by atoms with E-state index in [0.29, 0.717) is 25.0 Å². The van der Waals surface area contributed by atoms with Crippen LogP contribution in [0.5, 0.6) is 5.88 Å². The van der Waals surface area contributed by atoms with Gasteiger partial charge in [-0.05, 0) is 62.6 Å². The number of benzene rings is 2. The summed E-state index contributed by atoms with van der Waals surface area (Å²) in [6, 6.07) is 14.6. The highest BCUT2D eigenvalue weighted by Gasteiger charge is 2.33. The number of ether oxygens (including phenoxy) is 2. The second-order valence-corrected chi connectivity index (χ2v) is 11.4. The molecule has 2 aromatic heterocycles. The van der Waals surface area contributed by atoms with E-state index in [1.807, 2.05) is 19.2 Å². The third-order valence-electron chi connectivity index (χ3n) is 8.51. The fraction of sp³-hybridized carbons (Fsp3) is 0.406. The van der Waals surface area contributed by atoms with Crippen molar-refractivity contribution in [2.75, 3.05) is 25.1 Å². The second kappa shape index (κ2) is 12.3. The summed E-state index contributed by atoms with van der Waals surface area (Å²) < 4.78 is 40.9. The highest BCUT2D eigenvalue weighted by molar-refractivity contribution is 5.92. The number of rotatable bonds is 11. The van der Waals surface area contributed by atoms with Crippen molar-refractivity contribution in [3.8, 4) is 5.88 Å². The standard InChI is InChI=1S/C32H35F2N5O4/c1-20-6-10-24(16-37(2)29-4-3-5-31(36-29)43-19-22-7-9-23(33)15-26(22)34)38(20)18-30-35-27-11-8-21(32(40)41)14-28(27)39(30)17-25-12-13-42-25/h3-5,7-9,11,14-15,20,24-25H,6,10,12-13,16-19H2,1-2H3,(H,40,41). The molecule has 4 aromatic rings. The minimum atomic E-state index is -0.960. The van der Waals surface area contributed by atoms with E-state index in [2.05, 4.69) is 26.3 Å². The van der Waals surface area contributed by atoms with Gasteiger partial charge in [-0.25, -0.2) is 18.6 Å². The van der Waals surface area contributed by atoms with Crippen molar-refractivity contribution in [2.45, 2.75) is 64.1 Å². The number of aromatic carboxylic acids is 1. The lowest BCUT2D eigenvalue weighted by Gasteiger charge is -2.32. The number of nitrogens with zero attached hydrogens (tertiary/aromatic N) is 5. The molecule has 2 aliphatic heterocycles. The Hall–Kier alpha value is -4.09. The molecule has 0 radical (unpaired) electrons. The van der Waals surface area contributed by atoms with Crippen molar-refractivity contribution < 1.29 is 28.2 Å². The third kappa shape index (κ3) is 6.33. The Morgan fingerprint density at radius 3 is 2.70 bits per heavy atom. The fourth-order valence-electron chi connectivity index (χ4n) is 5.93. The molecule has 6 rings (SSSR count). The van der Waals surface area contributed by atoms with Crippen molar-refractivity contribution in [3.63, 3.8) is 0 Å². The minimum absolute atomic E-state index is 0.0545. The number of carboxylic acids is 1. The average molecular weight is 592 g/mol. The molecule has 9 nitrogen and oxygen atoms in total. The van der Waals surface area contributed by atoms with Gasteiger partial charge in [0.05, 0.1) is 35.8 Å². The smallest absolute Gasteiger partial charge is 0.335 e. The molecule has 43 heavy (non-hydrogen) atoms. The van der Waals surface area contributed by atoms with Crippen LogP contribution in [-0.4, -0.2) is 68.9 Å². The summed E-state index contributed by atoms with van der Waals surface area (Å²) in [7, 11) is 1.99. The molecule has 3 unspecified atom stereocenters. The highest BCUT2D eigenvalue weighted by Crippen LogP contribution is 2.30. The van der Waals surface area contributed by atoms with Crippen LogP contribution >= 0.6 is 0 Å². The molecule has 226 valence electrons. The Morgan fingerprint density at radius 1 is 1.12 bits per heavy atom. The summed E-state index contributed by atoms with van der Waals surface area (Å²) in [5.41, 5.74) is 2.09. The van der Waals surface area contributed by atoms with Crippen molar-refractivity contribution in [2.24, 2.45) is 0 Å². The summed E-state index contributed by atoms with van der Waals surface area (Å²) in [5, 5.41) is 9.57. The average Bonchev–Trinajstić information content (AvgIpc) is 3.48. The Balaban J connectivity index is 1.17. The summed E-state index contributed by atoms with van der Waals surface area (Å²) in [6.07, 6.45) is 3.14. The van der Waals surface area contributed by atoms with E-state index >= 15 is 0 Å². The molecule has 1 N–H and O–H groups in total. The van der Waals surface area contributed by atoms with Gasteiger partial charge in [0, 0.05) is 50.0 Å². The lowest BCUT2D eigenvalue weighted by Crippen LogP contribution is -2.42. The molecule has 0 bridgehead atoms. The SMILES string of the molecule is CC1CCC(CN(C)c2cccc(OCc3ccc(F)cc3F)n2)N1Cc1nc2ccc(C(=O)O)cc2n1CC1CCO1. The van der Waals surface area contributed by atoms with Gasteiger partial charge in [-0.1, -0.05) is 6.07 Å². The fourth-order valence-corrected chi connectivity index (χ4v) is 5.93. The van der Waals surface area contributed by atoms with Crippen LogP contribution in [-0.2, 0) is 24.4 Å². The number of likely N-dealkylation sites (N-methyl/N-ethyl adjacent to an activating group) is 1. The number of carboxylic acid groups (broad SMARTS) is 1. The third-order valence-corrected chi connectivity index (χ3v) is 8.51. The van der Waals surface area contributed by atoms with Crippen molar-refractivity contribution in [1.82, 2.24) is 19.4 Å². The highest BCUT2D eigenvalue weighted by atomic mass is 19.1. The van der Waals surface area contributed by atoms with Crippen LogP contribution in [0.2, 0.25) is 0 Å². The molecule has 2 aromatic carbocycles. The van der Waals surface area contributed by atoms with E-state index in [1.54, 1.807) is 24.3 Å². The molecule has 0 aliphatic carbocycles. The first-order valence-electron chi connectivity index (χ1n) is 14.6. The molecule has 0 saturated carbocycles. The Kier molecular flexibility index (Phi) is 8.27. The van der Waals surface area contributed by atoms with Gasteiger partial charge in [0.15, 0.2) is 0 Å². The maximum atomic E-state index is 14.0. The van der Waals surface area contributed by atoms with Gasteiger partial charge in [-0.3, -0.25) is 4.90 Å². The molecular weight excluding hydrogens is 556 g/mol. The van der Waals surface area contributed by atoms with E-state index in [-0.39, 0.29) is 29.9 Å². The van der Waals surface area contributed by atoms with E-state index in [9.17, 15) is 18.7 Å². The normalized spacial score (nSPS) is 20.3. The van der Waals surface area contributed by atoms with Crippen molar-refractivity contribution in [1.29, 1.82) is 0 Å². The molecule has 11 heteroatoms. The van der Waals surface area contributed by atoms with Crippen LogP contribution in [0.4, 0.5) is 14.6 Å². The van der Waals surface area contributed by atoms with Gasteiger partial charge in [-0.15, -0.1) is 0 Å². The summed E-state index contributed by atoms with van der Waals surface area (Å²) in [5.74, 6) is -0.256. The van der Waals surface area contributed by atoms with Gasteiger partial charge >= 0.3 is 5.97 Å². The number of hydrogen-bond donors (Lipinski definition) is 1. The first-order chi connectivity index (χ1) is 20.7. The maximum Gasteiger partial charge on any atom is 0.335 e. The van der Waals surface area contributed by atoms with Crippen LogP contribution in [0.3, 0.4) is 0 Å². The van der Waals surface area contributed by atoms with Crippen LogP contribution in [0, 0.1) is 11.6 Å². The molecular formula is C32H35F2N5O4. The number of anilines is 1. The number of pyridine rings is 1. The van der Waals surface area contributed by atoms with Crippen LogP contribution in [0.15, 0.2) is 54.6 Å². The Bertz CT molecular complexity index is 1620. The lowest BCUT2D eigenvalue weighted by atomic mass is 10.1. The van der Waals surface area contributed by atoms with Crippen molar-refractivity contribution >= 4 is 22.8 Å². The Labute approximate surface area is 248 Å². The number of aromatic nitrogens is 3. The first-order valence-corrected chi connectivity index (χ1v) is 14.6. The number of halogens is 2. The predicted octanol–water partition coefficient (Wildman–Crippen LogP) is 5.26. The monoisotopic (exact) mass is 591 g/mol. The predicted molar refractivity (Wildman–Crippen MR) is 157 cm³/mol. The molecule has 0 spiro atoms. The Morgan fingerprint density at radius 2 is 1.95 bits per heavy atom. The zero-order chi connectivity index (χ0) is 30.1. The van der Waals surface area contributed by atoms with Gasteiger partial charge in [0.2, 0.25) is 5.88 Å². The van der Waals surface area contributed by atoms with Gasteiger partial charge in [-0.2, -0.15) is 4.98 Å². The maximum absolute atomic E-state index is 14.0. The molecule has 3 atom stereocenters. The van der Waals surface area contributed by atoms with E-state index in [1.165, 1.54) is 12.1 Å².